The molecule has 1 saturated heterocycles. The smallest absolute Gasteiger partial charge is 0.107 e. The van der Waals surface area contributed by atoms with Crippen molar-refractivity contribution in [3.63, 3.8) is 0 Å². The van der Waals surface area contributed by atoms with Gasteiger partial charge in [0.15, 0.2) is 0 Å². The molecular weight excluding hydrogens is 254 g/mol. The van der Waals surface area contributed by atoms with Crippen molar-refractivity contribution < 1.29 is 4.74 Å². The van der Waals surface area contributed by atoms with E-state index >= 15 is 0 Å². The van der Waals surface area contributed by atoms with Crippen LogP contribution in [0.4, 0.5) is 0 Å². The summed E-state index contributed by atoms with van der Waals surface area (Å²) >= 11 is 3.65. The maximum atomic E-state index is 6.04. The maximum absolute atomic E-state index is 6.04. The Balaban J connectivity index is 2.09. The van der Waals surface area contributed by atoms with Crippen LogP contribution in [0, 0.1) is 0 Å². The van der Waals surface area contributed by atoms with Crippen molar-refractivity contribution in [2.24, 2.45) is 0 Å². The van der Waals surface area contributed by atoms with Crippen LogP contribution in [0.2, 0.25) is 0 Å². The largest absolute Gasteiger partial charge is 0.364 e. The van der Waals surface area contributed by atoms with Gasteiger partial charge in [0.25, 0.3) is 0 Å². The van der Waals surface area contributed by atoms with Crippen molar-refractivity contribution in [3.8, 4) is 0 Å². The summed E-state index contributed by atoms with van der Waals surface area (Å²) in [6, 6.07) is 6.37. The van der Waals surface area contributed by atoms with Crippen LogP contribution < -0.4 is 5.32 Å². The van der Waals surface area contributed by atoms with Gasteiger partial charge in [-0.1, -0.05) is 28.1 Å². The molecule has 2 nitrogen and oxygen atoms in total. The molecule has 0 radical (unpaired) electrons. The lowest BCUT2D eigenvalue weighted by Gasteiger charge is -2.34. The lowest BCUT2D eigenvalue weighted by atomic mass is 9.86. The quantitative estimate of drug-likeness (QED) is 0.780. The first kappa shape index (κ1) is 9.82. The molecule has 2 heterocycles. The number of rotatable bonds is 0. The monoisotopic (exact) mass is 267 g/mol. The van der Waals surface area contributed by atoms with Gasteiger partial charge in [0.2, 0.25) is 0 Å². The van der Waals surface area contributed by atoms with Crippen molar-refractivity contribution in [3.05, 3.63) is 33.8 Å². The summed E-state index contributed by atoms with van der Waals surface area (Å²) in [5.41, 5.74) is 2.65. The summed E-state index contributed by atoms with van der Waals surface area (Å²) in [6.45, 7) is 2.82. The Morgan fingerprint density at radius 3 is 3.13 bits per heavy atom. The van der Waals surface area contributed by atoms with Gasteiger partial charge in [-0.15, -0.1) is 0 Å². The highest BCUT2D eigenvalue weighted by Crippen LogP contribution is 2.44. The molecule has 1 fully saturated rings. The second-order valence-corrected chi connectivity index (χ2v) is 5.19. The third-order valence-corrected chi connectivity index (χ3v) is 4.07. The molecule has 1 N–H and O–H groups in total. The van der Waals surface area contributed by atoms with Gasteiger partial charge in [0, 0.05) is 16.6 Å². The van der Waals surface area contributed by atoms with Crippen molar-refractivity contribution >= 4 is 15.9 Å². The minimum absolute atomic E-state index is 0.0618. The van der Waals surface area contributed by atoms with Gasteiger partial charge in [0.1, 0.15) is 5.60 Å². The van der Waals surface area contributed by atoms with E-state index < -0.39 is 0 Å². The van der Waals surface area contributed by atoms with E-state index in [0.29, 0.717) is 0 Å². The molecule has 0 bridgehead atoms. The fourth-order valence-corrected chi connectivity index (χ4v) is 3.47. The first-order valence-electron chi connectivity index (χ1n) is 5.44. The number of ether oxygens (including phenoxy) is 1. The molecule has 1 atom stereocenters. The van der Waals surface area contributed by atoms with Gasteiger partial charge in [-0.25, -0.2) is 0 Å². The van der Waals surface area contributed by atoms with Gasteiger partial charge in [0.05, 0.1) is 6.61 Å². The number of piperidine rings is 1. The summed E-state index contributed by atoms with van der Waals surface area (Å²) in [6.07, 6.45) is 2.33. The zero-order chi connectivity index (χ0) is 10.3. The molecule has 1 spiro atoms. The average molecular weight is 268 g/mol. The standard InChI is InChI=1S/C12H14BrNO/c13-10-4-1-3-9-7-15-12(11(9)10)5-2-6-14-8-12/h1,3-4,14H,2,5-8H2. The Labute approximate surface area is 98.1 Å². The normalized spacial score (nSPS) is 29.4. The molecule has 1 aromatic carbocycles. The third-order valence-electron chi connectivity index (χ3n) is 3.40. The van der Waals surface area contributed by atoms with Crippen LogP contribution >= 0.6 is 15.9 Å². The molecule has 15 heavy (non-hydrogen) atoms. The molecule has 0 aliphatic carbocycles. The Morgan fingerprint density at radius 1 is 1.40 bits per heavy atom. The van der Waals surface area contributed by atoms with E-state index in [1.165, 1.54) is 22.0 Å². The minimum atomic E-state index is -0.0618. The van der Waals surface area contributed by atoms with Crippen LogP contribution in [-0.2, 0) is 16.9 Å². The second kappa shape index (κ2) is 3.58. The number of benzene rings is 1. The van der Waals surface area contributed by atoms with Crippen LogP contribution in [0.5, 0.6) is 0 Å². The number of hydrogen-bond donors (Lipinski definition) is 1. The summed E-state index contributed by atoms with van der Waals surface area (Å²) in [5, 5.41) is 3.44. The van der Waals surface area contributed by atoms with E-state index in [0.717, 1.165) is 26.1 Å². The molecule has 80 valence electrons. The predicted molar refractivity (Wildman–Crippen MR) is 62.7 cm³/mol. The zero-order valence-electron chi connectivity index (χ0n) is 8.55. The van der Waals surface area contributed by atoms with Gasteiger partial charge in [-0.2, -0.15) is 0 Å². The molecule has 0 aromatic heterocycles. The van der Waals surface area contributed by atoms with Crippen molar-refractivity contribution in [2.75, 3.05) is 13.1 Å². The van der Waals surface area contributed by atoms with Crippen molar-refractivity contribution in [1.29, 1.82) is 0 Å². The number of nitrogens with one attached hydrogen (secondary N) is 1. The van der Waals surface area contributed by atoms with Crippen LogP contribution in [0.15, 0.2) is 22.7 Å². The Bertz CT molecular complexity index is 380. The minimum Gasteiger partial charge on any atom is -0.364 e. The average Bonchev–Trinajstić information content (AvgIpc) is 2.60. The predicted octanol–water partition coefficient (Wildman–Crippen LogP) is 2.56. The highest BCUT2D eigenvalue weighted by Gasteiger charge is 2.42. The van der Waals surface area contributed by atoms with E-state index in [2.05, 4.69) is 39.4 Å². The summed E-state index contributed by atoms with van der Waals surface area (Å²) < 4.78 is 7.24. The van der Waals surface area contributed by atoms with Gasteiger partial charge in [-0.05, 0) is 31.0 Å². The summed E-state index contributed by atoms with van der Waals surface area (Å²) in [7, 11) is 0. The number of fused-ring (bicyclic) bond motifs is 2. The summed E-state index contributed by atoms with van der Waals surface area (Å²) in [4.78, 5) is 0. The SMILES string of the molecule is Brc1cccc2c1C1(CCCNC1)OC2. The Hall–Kier alpha value is -0.380. The molecule has 1 aromatic rings. The van der Waals surface area contributed by atoms with Crippen molar-refractivity contribution in [1.82, 2.24) is 5.32 Å². The first-order chi connectivity index (χ1) is 7.32. The molecular formula is C12H14BrNO. The fraction of sp³-hybridized carbons (Fsp3) is 0.500. The lowest BCUT2D eigenvalue weighted by molar-refractivity contribution is -0.0539. The van der Waals surface area contributed by atoms with Gasteiger partial charge in [-0.3, -0.25) is 0 Å². The topological polar surface area (TPSA) is 21.3 Å². The fourth-order valence-electron chi connectivity index (χ4n) is 2.70. The van der Waals surface area contributed by atoms with E-state index in [1.54, 1.807) is 0 Å². The molecule has 3 rings (SSSR count). The van der Waals surface area contributed by atoms with E-state index in [9.17, 15) is 0 Å². The zero-order valence-corrected chi connectivity index (χ0v) is 10.1. The summed E-state index contributed by atoms with van der Waals surface area (Å²) in [5.74, 6) is 0. The van der Waals surface area contributed by atoms with Crippen molar-refractivity contribution in [2.45, 2.75) is 25.0 Å². The molecule has 2 aliphatic rings. The Morgan fingerprint density at radius 2 is 2.33 bits per heavy atom. The highest BCUT2D eigenvalue weighted by molar-refractivity contribution is 9.10. The van der Waals surface area contributed by atoms with E-state index in [1.807, 2.05) is 0 Å². The highest BCUT2D eigenvalue weighted by atomic mass is 79.9. The maximum Gasteiger partial charge on any atom is 0.107 e. The molecule has 0 amide bonds. The molecule has 3 heteroatoms. The Kier molecular flexibility index (Phi) is 2.34. The third kappa shape index (κ3) is 1.45. The molecule has 2 aliphatic heterocycles. The van der Waals surface area contributed by atoms with Gasteiger partial charge >= 0.3 is 0 Å². The van der Waals surface area contributed by atoms with Crippen LogP contribution in [0.1, 0.15) is 24.0 Å². The van der Waals surface area contributed by atoms with Gasteiger partial charge < -0.3 is 10.1 Å². The van der Waals surface area contributed by atoms with Crippen LogP contribution in [-0.4, -0.2) is 13.1 Å². The van der Waals surface area contributed by atoms with E-state index in [-0.39, 0.29) is 5.60 Å². The van der Waals surface area contributed by atoms with E-state index in [4.69, 9.17) is 4.74 Å². The van der Waals surface area contributed by atoms with Crippen LogP contribution in [0.25, 0.3) is 0 Å². The molecule has 0 saturated carbocycles. The number of hydrogen-bond acceptors (Lipinski definition) is 2. The number of halogens is 1. The molecule has 1 unspecified atom stereocenters. The second-order valence-electron chi connectivity index (χ2n) is 4.34. The van der Waals surface area contributed by atoms with Crippen LogP contribution in [0.3, 0.4) is 0 Å². The first-order valence-corrected chi connectivity index (χ1v) is 6.24. The lowest BCUT2D eigenvalue weighted by Crippen LogP contribution is -2.43.